The molecule has 2 aromatic rings. The van der Waals surface area contributed by atoms with Gasteiger partial charge < -0.3 is 4.90 Å². The maximum absolute atomic E-state index is 4.58. The molecule has 1 aliphatic heterocycles. The maximum atomic E-state index is 4.58. The van der Waals surface area contributed by atoms with Crippen LogP contribution in [0.1, 0.15) is 5.56 Å². The minimum atomic E-state index is 0.928. The number of anilines is 2. The van der Waals surface area contributed by atoms with E-state index in [1.165, 1.54) is 16.9 Å². The first-order valence-corrected chi connectivity index (χ1v) is 7.28. The van der Waals surface area contributed by atoms with Crippen LogP contribution in [0, 0.1) is 0 Å². The molecule has 0 saturated carbocycles. The standard InChI is InChI=1S/C15H14N2S/c1-18-11-17-14-8-4-2-6-12(14)10-16-13-7-3-5-9-15(13)17/h2-10H,11H2,1H3. The molecular formula is C15H14N2S. The molecule has 18 heavy (non-hydrogen) atoms. The largest absolute Gasteiger partial charge is 0.329 e. The summed E-state index contributed by atoms with van der Waals surface area (Å²) in [5.74, 6) is 0.928. The van der Waals surface area contributed by atoms with E-state index in [0.717, 1.165) is 11.6 Å². The van der Waals surface area contributed by atoms with Crippen LogP contribution in [0.5, 0.6) is 0 Å². The van der Waals surface area contributed by atoms with Crippen molar-refractivity contribution in [1.82, 2.24) is 0 Å². The van der Waals surface area contributed by atoms with E-state index in [9.17, 15) is 0 Å². The molecule has 1 heterocycles. The van der Waals surface area contributed by atoms with Crippen LogP contribution in [0.4, 0.5) is 17.1 Å². The van der Waals surface area contributed by atoms with Crippen LogP contribution in [0.25, 0.3) is 0 Å². The zero-order valence-corrected chi connectivity index (χ0v) is 11.0. The van der Waals surface area contributed by atoms with Gasteiger partial charge in [0.2, 0.25) is 0 Å². The Labute approximate surface area is 111 Å². The number of nitrogens with zero attached hydrogens (tertiary/aromatic N) is 2. The zero-order valence-electron chi connectivity index (χ0n) is 10.2. The van der Waals surface area contributed by atoms with Gasteiger partial charge in [0, 0.05) is 11.8 Å². The van der Waals surface area contributed by atoms with Crippen molar-refractivity contribution in [3.63, 3.8) is 0 Å². The van der Waals surface area contributed by atoms with Gasteiger partial charge in [-0.25, -0.2) is 0 Å². The highest BCUT2D eigenvalue weighted by molar-refractivity contribution is 7.98. The number of para-hydroxylation sites is 3. The predicted molar refractivity (Wildman–Crippen MR) is 80.7 cm³/mol. The van der Waals surface area contributed by atoms with Crippen molar-refractivity contribution in [3.8, 4) is 0 Å². The lowest BCUT2D eigenvalue weighted by Crippen LogP contribution is -2.16. The highest BCUT2D eigenvalue weighted by Crippen LogP contribution is 2.38. The zero-order chi connectivity index (χ0) is 12.4. The van der Waals surface area contributed by atoms with Crippen LogP contribution in [0.3, 0.4) is 0 Å². The molecule has 90 valence electrons. The molecule has 3 rings (SSSR count). The summed E-state index contributed by atoms with van der Waals surface area (Å²) < 4.78 is 0. The normalized spacial score (nSPS) is 12.8. The molecule has 0 aliphatic carbocycles. The number of aliphatic imine (C=N–C) groups is 1. The molecule has 2 nitrogen and oxygen atoms in total. The Morgan fingerprint density at radius 2 is 1.72 bits per heavy atom. The fraction of sp³-hybridized carbons (Fsp3) is 0.133. The number of hydrogen-bond donors (Lipinski definition) is 0. The third-order valence-electron chi connectivity index (χ3n) is 3.00. The highest BCUT2D eigenvalue weighted by Gasteiger charge is 2.17. The highest BCUT2D eigenvalue weighted by atomic mass is 32.2. The van der Waals surface area contributed by atoms with Crippen LogP contribution in [0.2, 0.25) is 0 Å². The summed E-state index contributed by atoms with van der Waals surface area (Å²) in [5.41, 5.74) is 4.60. The fourth-order valence-electron chi connectivity index (χ4n) is 2.18. The van der Waals surface area contributed by atoms with Crippen molar-refractivity contribution >= 4 is 35.0 Å². The number of thioether (sulfide) groups is 1. The lowest BCUT2D eigenvalue weighted by Gasteiger charge is -2.25. The molecule has 1 aliphatic rings. The molecule has 0 unspecified atom stereocenters. The molecule has 0 bridgehead atoms. The Bertz CT molecular complexity index is 543. The minimum absolute atomic E-state index is 0.928. The summed E-state index contributed by atoms with van der Waals surface area (Å²) in [7, 11) is 0. The molecule has 3 heteroatoms. The van der Waals surface area contributed by atoms with Crippen molar-refractivity contribution in [2.24, 2.45) is 4.99 Å². The molecule has 0 atom stereocenters. The molecule has 0 spiro atoms. The Balaban J connectivity index is 2.20. The third kappa shape index (κ3) is 1.91. The Morgan fingerprint density at radius 3 is 2.56 bits per heavy atom. The average Bonchev–Trinajstić information content (AvgIpc) is 2.58. The number of hydrogen-bond acceptors (Lipinski definition) is 3. The first kappa shape index (κ1) is 11.4. The van der Waals surface area contributed by atoms with E-state index in [1.807, 2.05) is 24.0 Å². The molecule has 0 radical (unpaired) electrons. The van der Waals surface area contributed by atoms with E-state index in [2.05, 4.69) is 58.6 Å². The summed E-state index contributed by atoms with van der Waals surface area (Å²) in [6.45, 7) is 0. The molecular weight excluding hydrogens is 240 g/mol. The second-order valence-electron chi connectivity index (χ2n) is 4.15. The van der Waals surface area contributed by atoms with E-state index >= 15 is 0 Å². The van der Waals surface area contributed by atoms with E-state index in [4.69, 9.17) is 0 Å². The summed E-state index contributed by atoms with van der Waals surface area (Å²) in [4.78, 5) is 6.91. The third-order valence-corrected chi connectivity index (χ3v) is 3.52. The van der Waals surface area contributed by atoms with Gasteiger partial charge in [-0.3, -0.25) is 4.99 Å². The molecule has 0 N–H and O–H groups in total. The molecule has 0 aromatic heterocycles. The lowest BCUT2D eigenvalue weighted by molar-refractivity contribution is 1.17. The molecule has 0 amide bonds. The number of benzene rings is 2. The van der Waals surface area contributed by atoms with Crippen LogP contribution < -0.4 is 4.90 Å². The van der Waals surface area contributed by atoms with Crippen molar-refractivity contribution in [1.29, 1.82) is 0 Å². The Morgan fingerprint density at radius 1 is 1.00 bits per heavy atom. The summed E-state index contributed by atoms with van der Waals surface area (Å²) in [6, 6.07) is 16.7. The quantitative estimate of drug-likeness (QED) is 0.797. The smallest absolute Gasteiger partial charge is 0.0867 e. The monoisotopic (exact) mass is 254 g/mol. The van der Waals surface area contributed by atoms with Crippen molar-refractivity contribution in [2.45, 2.75) is 0 Å². The van der Waals surface area contributed by atoms with Gasteiger partial charge in [-0.05, 0) is 24.5 Å². The van der Waals surface area contributed by atoms with E-state index in [-0.39, 0.29) is 0 Å². The Kier molecular flexibility index (Phi) is 3.07. The predicted octanol–water partition coefficient (Wildman–Crippen LogP) is 4.21. The topological polar surface area (TPSA) is 15.6 Å². The van der Waals surface area contributed by atoms with E-state index < -0.39 is 0 Å². The molecule has 2 aromatic carbocycles. The van der Waals surface area contributed by atoms with E-state index in [1.54, 1.807) is 0 Å². The summed E-state index contributed by atoms with van der Waals surface area (Å²) in [5, 5.41) is 0. The minimum Gasteiger partial charge on any atom is -0.329 e. The van der Waals surface area contributed by atoms with E-state index in [0.29, 0.717) is 0 Å². The molecule has 0 saturated heterocycles. The van der Waals surface area contributed by atoms with Crippen molar-refractivity contribution in [2.75, 3.05) is 17.0 Å². The van der Waals surface area contributed by atoms with Gasteiger partial charge >= 0.3 is 0 Å². The maximum Gasteiger partial charge on any atom is 0.0867 e. The second kappa shape index (κ2) is 4.86. The van der Waals surface area contributed by atoms with Crippen LogP contribution in [0.15, 0.2) is 53.5 Å². The number of fused-ring (bicyclic) bond motifs is 2. The number of rotatable bonds is 2. The van der Waals surface area contributed by atoms with Gasteiger partial charge in [0.05, 0.1) is 22.9 Å². The van der Waals surface area contributed by atoms with Gasteiger partial charge in [0.25, 0.3) is 0 Å². The second-order valence-corrected chi connectivity index (χ2v) is 4.99. The van der Waals surface area contributed by atoms with Crippen LogP contribution in [-0.4, -0.2) is 18.3 Å². The van der Waals surface area contributed by atoms with Crippen LogP contribution >= 0.6 is 11.8 Å². The summed E-state index contributed by atoms with van der Waals surface area (Å²) >= 11 is 1.81. The first-order valence-electron chi connectivity index (χ1n) is 5.89. The SMILES string of the molecule is CSCN1c2ccccc2C=Nc2ccccc21. The van der Waals surface area contributed by atoms with Gasteiger partial charge in [-0.1, -0.05) is 30.3 Å². The molecule has 0 fully saturated rings. The van der Waals surface area contributed by atoms with Crippen molar-refractivity contribution < 1.29 is 0 Å². The van der Waals surface area contributed by atoms with Crippen LogP contribution in [-0.2, 0) is 0 Å². The summed E-state index contributed by atoms with van der Waals surface area (Å²) in [6.07, 6.45) is 4.07. The lowest BCUT2D eigenvalue weighted by atomic mass is 10.1. The Hall–Kier alpha value is -1.74. The fourth-order valence-corrected chi connectivity index (χ4v) is 2.72. The van der Waals surface area contributed by atoms with Gasteiger partial charge in [0.15, 0.2) is 0 Å². The van der Waals surface area contributed by atoms with Gasteiger partial charge in [-0.15, -0.1) is 11.8 Å². The van der Waals surface area contributed by atoms with Gasteiger partial charge in [-0.2, -0.15) is 0 Å². The average molecular weight is 254 g/mol. The first-order chi connectivity index (χ1) is 8.90. The van der Waals surface area contributed by atoms with Gasteiger partial charge in [0.1, 0.15) is 0 Å². The van der Waals surface area contributed by atoms with Crippen molar-refractivity contribution in [3.05, 3.63) is 54.1 Å².